The minimum atomic E-state index is 0.603. The number of methoxy groups -OCH3 is 1. The van der Waals surface area contributed by atoms with Gasteiger partial charge in [-0.3, -0.25) is 4.99 Å². The number of nitrogens with one attached hydrogen (secondary N) is 1. The van der Waals surface area contributed by atoms with Crippen LogP contribution in [0.5, 0.6) is 0 Å². The Bertz CT molecular complexity index is 483. The number of guanidine groups is 1. The summed E-state index contributed by atoms with van der Waals surface area (Å²) in [4.78, 5) is 11.2. The number of aromatic nitrogens is 2. The smallest absolute Gasteiger partial charge is 0.194 e. The van der Waals surface area contributed by atoms with Crippen LogP contribution in [0, 0.1) is 11.8 Å². The molecule has 1 atom stereocenters. The molecule has 1 fully saturated rings. The van der Waals surface area contributed by atoms with E-state index in [1.165, 1.54) is 0 Å². The molecule has 1 N–H and O–H groups in total. The van der Waals surface area contributed by atoms with Crippen molar-refractivity contribution in [2.75, 3.05) is 33.9 Å². The van der Waals surface area contributed by atoms with Crippen molar-refractivity contribution >= 4 is 5.96 Å². The molecule has 2 heterocycles. The van der Waals surface area contributed by atoms with Crippen molar-refractivity contribution in [1.29, 1.82) is 0 Å². The molecule has 0 aromatic carbocycles. The molecule has 6 heteroatoms. The fraction of sp³-hybridized carbons (Fsp3) is 0.750. The van der Waals surface area contributed by atoms with Crippen LogP contribution in [0.3, 0.4) is 0 Å². The van der Waals surface area contributed by atoms with Crippen LogP contribution in [0.2, 0.25) is 0 Å². The number of imidazole rings is 1. The van der Waals surface area contributed by atoms with E-state index in [4.69, 9.17) is 4.74 Å². The van der Waals surface area contributed by atoms with Crippen molar-refractivity contribution in [2.45, 2.75) is 33.4 Å². The summed E-state index contributed by atoms with van der Waals surface area (Å²) in [7, 11) is 3.61. The van der Waals surface area contributed by atoms with E-state index in [9.17, 15) is 0 Å². The predicted octanol–water partition coefficient (Wildman–Crippen LogP) is 1.58. The summed E-state index contributed by atoms with van der Waals surface area (Å²) in [6.07, 6.45) is 5.08. The van der Waals surface area contributed by atoms with Crippen LogP contribution < -0.4 is 5.32 Å². The summed E-state index contributed by atoms with van der Waals surface area (Å²) < 4.78 is 7.47. The van der Waals surface area contributed by atoms with E-state index in [2.05, 4.69) is 38.6 Å². The largest absolute Gasteiger partial charge is 0.384 e. The molecule has 0 aliphatic carbocycles. The second-order valence-corrected chi connectivity index (χ2v) is 6.35. The van der Waals surface area contributed by atoms with E-state index >= 15 is 0 Å². The topological polar surface area (TPSA) is 54.7 Å². The number of ether oxygens (including phenoxy) is 1. The van der Waals surface area contributed by atoms with Gasteiger partial charge in [0.2, 0.25) is 0 Å². The molecular formula is C16H29N5O. The lowest BCUT2D eigenvalue weighted by Gasteiger charge is -2.22. The van der Waals surface area contributed by atoms with E-state index < -0.39 is 0 Å². The fourth-order valence-corrected chi connectivity index (χ4v) is 2.95. The van der Waals surface area contributed by atoms with Gasteiger partial charge >= 0.3 is 0 Å². The summed E-state index contributed by atoms with van der Waals surface area (Å²) in [5.74, 6) is 3.23. The van der Waals surface area contributed by atoms with Crippen molar-refractivity contribution in [2.24, 2.45) is 16.8 Å². The number of hydrogen-bond acceptors (Lipinski definition) is 3. The Hall–Kier alpha value is -1.56. The van der Waals surface area contributed by atoms with Crippen molar-refractivity contribution in [3.63, 3.8) is 0 Å². The van der Waals surface area contributed by atoms with Gasteiger partial charge in [-0.05, 0) is 12.3 Å². The summed E-state index contributed by atoms with van der Waals surface area (Å²) in [5, 5.41) is 3.44. The zero-order valence-electron chi connectivity index (χ0n) is 14.2. The van der Waals surface area contributed by atoms with Crippen LogP contribution in [-0.4, -0.2) is 54.3 Å². The molecule has 2 rings (SSSR count). The molecule has 1 unspecified atom stereocenters. The van der Waals surface area contributed by atoms with Gasteiger partial charge in [-0.15, -0.1) is 0 Å². The number of nitrogens with zero attached hydrogens (tertiary/aromatic N) is 4. The second kappa shape index (κ2) is 8.17. The van der Waals surface area contributed by atoms with Crippen LogP contribution in [0.25, 0.3) is 0 Å². The van der Waals surface area contributed by atoms with E-state index in [0.717, 1.165) is 44.4 Å². The van der Waals surface area contributed by atoms with Gasteiger partial charge in [0.05, 0.1) is 13.2 Å². The molecule has 1 aromatic rings. The predicted molar refractivity (Wildman–Crippen MR) is 88.8 cm³/mol. The van der Waals surface area contributed by atoms with Crippen LogP contribution in [0.1, 0.15) is 26.1 Å². The minimum absolute atomic E-state index is 0.603. The molecule has 1 aliphatic heterocycles. The SMILES string of the molecule is CN=C(NCc1nccn1CC(C)C)N1CCC(COC)C1. The van der Waals surface area contributed by atoms with Gasteiger partial charge in [0.25, 0.3) is 0 Å². The first-order valence-corrected chi connectivity index (χ1v) is 8.08. The average Bonchev–Trinajstić information content (AvgIpc) is 3.10. The summed E-state index contributed by atoms with van der Waals surface area (Å²) >= 11 is 0. The Balaban J connectivity index is 1.88. The van der Waals surface area contributed by atoms with Crippen molar-refractivity contribution in [3.8, 4) is 0 Å². The molecule has 124 valence electrons. The quantitative estimate of drug-likeness (QED) is 0.640. The normalized spacial score (nSPS) is 19.2. The molecule has 0 bridgehead atoms. The number of aliphatic imine (C=N–C) groups is 1. The maximum absolute atomic E-state index is 5.26. The standard InChI is InChI=1S/C16H29N5O/c1-13(2)10-20-8-6-18-15(20)9-19-16(17-3)21-7-5-14(11-21)12-22-4/h6,8,13-14H,5,7,9-12H2,1-4H3,(H,17,19). The molecule has 1 saturated heterocycles. The number of likely N-dealkylation sites (tertiary alicyclic amines) is 1. The summed E-state index contributed by atoms with van der Waals surface area (Å²) in [6.45, 7) is 9.01. The maximum Gasteiger partial charge on any atom is 0.194 e. The molecule has 1 aliphatic rings. The van der Waals surface area contributed by atoms with E-state index in [1.54, 1.807) is 7.11 Å². The Morgan fingerprint density at radius 2 is 2.36 bits per heavy atom. The first-order valence-electron chi connectivity index (χ1n) is 8.08. The molecule has 6 nitrogen and oxygen atoms in total. The van der Waals surface area contributed by atoms with Crippen LogP contribution in [0.15, 0.2) is 17.4 Å². The Kier molecular flexibility index (Phi) is 6.24. The lowest BCUT2D eigenvalue weighted by molar-refractivity contribution is 0.157. The highest BCUT2D eigenvalue weighted by molar-refractivity contribution is 5.80. The molecule has 0 saturated carbocycles. The third kappa shape index (κ3) is 4.47. The highest BCUT2D eigenvalue weighted by Gasteiger charge is 2.24. The maximum atomic E-state index is 5.26. The third-order valence-corrected chi connectivity index (χ3v) is 3.97. The lowest BCUT2D eigenvalue weighted by atomic mass is 10.1. The summed E-state index contributed by atoms with van der Waals surface area (Å²) in [5.41, 5.74) is 0. The number of hydrogen-bond donors (Lipinski definition) is 1. The van der Waals surface area contributed by atoms with Gasteiger partial charge in [-0.2, -0.15) is 0 Å². The Morgan fingerprint density at radius 1 is 1.55 bits per heavy atom. The first-order chi connectivity index (χ1) is 10.6. The van der Waals surface area contributed by atoms with Gasteiger partial charge in [0.1, 0.15) is 5.82 Å². The van der Waals surface area contributed by atoms with E-state index in [0.29, 0.717) is 18.4 Å². The highest BCUT2D eigenvalue weighted by atomic mass is 16.5. The molecule has 0 radical (unpaired) electrons. The van der Waals surface area contributed by atoms with Gasteiger partial charge in [-0.25, -0.2) is 4.98 Å². The van der Waals surface area contributed by atoms with Gasteiger partial charge < -0.3 is 19.5 Å². The van der Waals surface area contributed by atoms with E-state index in [1.807, 2.05) is 19.4 Å². The fourth-order valence-electron chi connectivity index (χ4n) is 2.95. The molecular weight excluding hydrogens is 278 g/mol. The van der Waals surface area contributed by atoms with Crippen LogP contribution >= 0.6 is 0 Å². The van der Waals surface area contributed by atoms with Crippen molar-refractivity contribution in [1.82, 2.24) is 19.8 Å². The third-order valence-electron chi connectivity index (χ3n) is 3.97. The summed E-state index contributed by atoms with van der Waals surface area (Å²) in [6, 6.07) is 0. The minimum Gasteiger partial charge on any atom is -0.384 e. The Morgan fingerprint density at radius 3 is 3.05 bits per heavy atom. The van der Waals surface area contributed by atoms with Crippen LogP contribution in [0.4, 0.5) is 0 Å². The van der Waals surface area contributed by atoms with Gasteiger partial charge in [0.15, 0.2) is 5.96 Å². The highest BCUT2D eigenvalue weighted by Crippen LogP contribution is 2.16. The Labute approximate surface area is 133 Å². The average molecular weight is 307 g/mol. The number of rotatable bonds is 6. The zero-order valence-corrected chi connectivity index (χ0v) is 14.2. The first kappa shape index (κ1) is 16.8. The molecule has 0 spiro atoms. The van der Waals surface area contributed by atoms with Gasteiger partial charge in [0, 0.05) is 52.1 Å². The van der Waals surface area contributed by atoms with Crippen molar-refractivity contribution in [3.05, 3.63) is 18.2 Å². The zero-order chi connectivity index (χ0) is 15.9. The lowest BCUT2D eigenvalue weighted by Crippen LogP contribution is -2.40. The second-order valence-electron chi connectivity index (χ2n) is 6.35. The van der Waals surface area contributed by atoms with Gasteiger partial charge in [-0.1, -0.05) is 13.8 Å². The molecule has 0 amide bonds. The van der Waals surface area contributed by atoms with Crippen LogP contribution in [-0.2, 0) is 17.8 Å². The monoisotopic (exact) mass is 307 g/mol. The molecule has 22 heavy (non-hydrogen) atoms. The van der Waals surface area contributed by atoms with E-state index in [-0.39, 0.29) is 0 Å². The molecule has 1 aromatic heterocycles. The van der Waals surface area contributed by atoms with Crippen molar-refractivity contribution < 1.29 is 4.74 Å².